The molecule has 154 valence electrons. The van der Waals surface area contributed by atoms with Crippen molar-refractivity contribution in [3.63, 3.8) is 0 Å². The normalized spacial score (nSPS) is 16.6. The number of nitrogens with one attached hydrogen (secondary N) is 1. The van der Waals surface area contributed by atoms with E-state index in [1.165, 1.54) is 5.56 Å². The molecular weight excluding hydrogens is 390 g/mol. The van der Waals surface area contributed by atoms with Gasteiger partial charge in [0.15, 0.2) is 11.5 Å². The molecule has 1 amide bonds. The number of rotatable bonds is 6. The van der Waals surface area contributed by atoms with Gasteiger partial charge in [-0.1, -0.05) is 42.5 Å². The summed E-state index contributed by atoms with van der Waals surface area (Å²) >= 11 is 0. The largest absolute Gasteiger partial charge is 0.454 e. The van der Waals surface area contributed by atoms with Crippen LogP contribution in [0.1, 0.15) is 5.56 Å². The molecule has 2 aromatic carbocycles. The van der Waals surface area contributed by atoms with E-state index >= 15 is 0 Å². The summed E-state index contributed by atoms with van der Waals surface area (Å²) in [6.07, 6.45) is 4.36. The molecule has 0 saturated carbocycles. The highest BCUT2D eigenvalue weighted by Crippen LogP contribution is 2.34. The molecule has 0 bridgehead atoms. The van der Waals surface area contributed by atoms with Crippen LogP contribution < -0.4 is 14.8 Å². The number of fused-ring (bicyclic) bond motifs is 1. The van der Waals surface area contributed by atoms with Gasteiger partial charge in [-0.3, -0.25) is 14.6 Å². The second kappa shape index (κ2) is 10.3. The zero-order valence-corrected chi connectivity index (χ0v) is 17.1. The minimum atomic E-state index is -0.00344. The first-order chi connectivity index (χ1) is 13.8. The van der Waals surface area contributed by atoms with E-state index in [9.17, 15) is 4.79 Å². The number of nitrogens with zero attached hydrogens (tertiary/aromatic N) is 2. The van der Waals surface area contributed by atoms with Gasteiger partial charge in [-0.2, -0.15) is 0 Å². The van der Waals surface area contributed by atoms with Crippen LogP contribution in [0, 0.1) is 0 Å². The van der Waals surface area contributed by atoms with Gasteiger partial charge in [-0.05, 0) is 17.7 Å². The van der Waals surface area contributed by atoms with Crippen molar-refractivity contribution in [3.05, 3.63) is 60.2 Å². The average Bonchev–Trinajstić information content (AvgIpc) is 3.18. The Kier molecular flexibility index (Phi) is 7.52. The topological polar surface area (TPSA) is 54.0 Å². The Balaban J connectivity index is 0.00000240. The van der Waals surface area contributed by atoms with Crippen LogP contribution in [0.15, 0.2) is 54.6 Å². The summed E-state index contributed by atoms with van der Waals surface area (Å²) in [7, 11) is 0. The number of piperazine rings is 1. The fraction of sp³-hybridized carbons (Fsp3) is 0.318. The zero-order chi connectivity index (χ0) is 19.2. The van der Waals surface area contributed by atoms with Gasteiger partial charge in [0, 0.05) is 44.5 Å². The van der Waals surface area contributed by atoms with E-state index in [-0.39, 0.29) is 25.1 Å². The number of benzene rings is 2. The third-order valence-corrected chi connectivity index (χ3v) is 4.96. The Morgan fingerprint density at radius 1 is 0.966 bits per heavy atom. The lowest BCUT2D eigenvalue weighted by Crippen LogP contribution is -2.48. The van der Waals surface area contributed by atoms with E-state index in [4.69, 9.17) is 9.47 Å². The summed E-state index contributed by atoms with van der Waals surface area (Å²) < 4.78 is 10.6. The first-order valence-electron chi connectivity index (χ1n) is 9.62. The van der Waals surface area contributed by atoms with E-state index < -0.39 is 0 Å². The molecule has 1 saturated heterocycles. The number of ether oxygens (including phenoxy) is 2. The van der Waals surface area contributed by atoms with Gasteiger partial charge < -0.3 is 14.8 Å². The summed E-state index contributed by atoms with van der Waals surface area (Å²) in [6.45, 7) is 5.31. The lowest BCUT2D eigenvalue weighted by atomic mass is 10.2. The lowest BCUT2D eigenvalue weighted by Gasteiger charge is -2.33. The highest BCUT2D eigenvalue weighted by molar-refractivity contribution is 5.92. The van der Waals surface area contributed by atoms with E-state index in [1.54, 1.807) is 6.07 Å². The SMILES string of the molecule is Cl.O=C(CN1CCN(CC=Cc2ccccc2)CC1)Nc1ccc2c(c1)OCO2. The number of anilines is 1. The number of hydrogen-bond acceptors (Lipinski definition) is 5. The van der Waals surface area contributed by atoms with Gasteiger partial charge in [-0.15, -0.1) is 12.4 Å². The first kappa shape index (κ1) is 21.2. The van der Waals surface area contributed by atoms with Crippen molar-refractivity contribution >= 4 is 30.1 Å². The third-order valence-electron chi connectivity index (χ3n) is 4.96. The van der Waals surface area contributed by atoms with E-state index in [2.05, 4.69) is 39.4 Å². The predicted octanol–water partition coefficient (Wildman–Crippen LogP) is 3.11. The second-order valence-electron chi connectivity index (χ2n) is 7.01. The van der Waals surface area contributed by atoms with Crippen LogP contribution >= 0.6 is 12.4 Å². The number of hydrogen-bond donors (Lipinski definition) is 1. The molecular formula is C22H26ClN3O3. The van der Waals surface area contributed by atoms with Crippen LogP contribution in [0.2, 0.25) is 0 Å². The molecule has 7 heteroatoms. The van der Waals surface area contributed by atoms with Crippen molar-refractivity contribution in [2.75, 3.05) is 51.4 Å². The van der Waals surface area contributed by atoms with Crippen molar-refractivity contribution < 1.29 is 14.3 Å². The maximum atomic E-state index is 12.3. The molecule has 2 heterocycles. The summed E-state index contributed by atoms with van der Waals surface area (Å²) in [5, 5.41) is 2.94. The Labute approximate surface area is 177 Å². The quantitative estimate of drug-likeness (QED) is 0.785. The molecule has 0 unspecified atom stereocenters. The molecule has 0 spiro atoms. The summed E-state index contributed by atoms with van der Waals surface area (Å²) in [5.74, 6) is 1.39. The first-order valence-corrected chi connectivity index (χ1v) is 9.62. The van der Waals surface area contributed by atoms with Gasteiger partial charge >= 0.3 is 0 Å². The molecule has 1 fully saturated rings. The van der Waals surface area contributed by atoms with Crippen LogP contribution in [0.4, 0.5) is 5.69 Å². The van der Waals surface area contributed by atoms with E-state index in [0.29, 0.717) is 12.3 Å². The Bertz CT molecular complexity index is 836. The lowest BCUT2D eigenvalue weighted by molar-refractivity contribution is -0.117. The number of carbonyl (C=O) groups excluding carboxylic acids is 1. The van der Waals surface area contributed by atoms with Gasteiger partial charge in [0.1, 0.15) is 0 Å². The van der Waals surface area contributed by atoms with Gasteiger partial charge in [0.05, 0.1) is 6.54 Å². The third kappa shape index (κ3) is 5.97. The van der Waals surface area contributed by atoms with Gasteiger partial charge in [0.2, 0.25) is 12.7 Å². The predicted molar refractivity (Wildman–Crippen MR) is 117 cm³/mol. The second-order valence-corrected chi connectivity index (χ2v) is 7.01. The van der Waals surface area contributed by atoms with Crippen LogP contribution in [0.3, 0.4) is 0 Å². The zero-order valence-electron chi connectivity index (χ0n) is 16.3. The maximum Gasteiger partial charge on any atom is 0.238 e. The highest BCUT2D eigenvalue weighted by atomic mass is 35.5. The van der Waals surface area contributed by atoms with Crippen molar-refractivity contribution in [2.45, 2.75) is 0 Å². The molecule has 0 aromatic heterocycles. The Morgan fingerprint density at radius 3 is 2.48 bits per heavy atom. The molecule has 2 aliphatic rings. The summed E-state index contributed by atoms with van der Waals surface area (Å²) in [5.41, 5.74) is 1.96. The number of amides is 1. The molecule has 4 rings (SSSR count). The fourth-order valence-electron chi connectivity index (χ4n) is 3.41. The molecule has 0 aliphatic carbocycles. The van der Waals surface area contributed by atoms with Gasteiger partial charge in [0.25, 0.3) is 0 Å². The van der Waals surface area contributed by atoms with E-state index in [1.807, 2.05) is 30.3 Å². The molecule has 2 aliphatic heterocycles. The van der Waals surface area contributed by atoms with E-state index in [0.717, 1.165) is 44.2 Å². The highest BCUT2D eigenvalue weighted by Gasteiger charge is 2.19. The van der Waals surface area contributed by atoms with Crippen molar-refractivity contribution in [1.82, 2.24) is 9.80 Å². The average molecular weight is 416 g/mol. The monoisotopic (exact) mass is 415 g/mol. The molecule has 2 aromatic rings. The fourth-order valence-corrected chi connectivity index (χ4v) is 3.41. The molecule has 6 nitrogen and oxygen atoms in total. The van der Waals surface area contributed by atoms with Crippen molar-refractivity contribution in [3.8, 4) is 11.5 Å². The minimum Gasteiger partial charge on any atom is -0.454 e. The van der Waals surface area contributed by atoms with Crippen LogP contribution in [0.5, 0.6) is 11.5 Å². The Hall–Kier alpha value is -2.54. The van der Waals surface area contributed by atoms with Crippen LogP contribution in [-0.4, -0.2) is 61.8 Å². The van der Waals surface area contributed by atoms with Crippen molar-refractivity contribution in [1.29, 1.82) is 0 Å². The Morgan fingerprint density at radius 2 is 1.69 bits per heavy atom. The van der Waals surface area contributed by atoms with Crippen LogP contribution in [0.25, 0.3) is 6.08 Å². The van der Waals surface area contributed by atoms with Crippen molar-refractivity contribution in [2.24, 2.45) is 0 Å². The molecule has 29 heavy (non-hydrogen) atoms. The molecule has 0 atom stereocenters. The number of carbonyl (C=O) groups is 1. The summed E-state index contributed by atoms with van der Waals surface area (Å²) in [4.78, 5) is 16.9. The minimum absolute atomic E-state index is 0. The molecule has 1 N–H and O–H groups in total. The summed E-state index contributed by atoms with van der Waals surface area (Å²) in [6, 6.07) is 15.8. The molecule has 0 radical (unpaired) electrons. The smallest absolute Gasteiger partial charge is 0.238 e. The number of halogens is 1. The van der Waals surface area contributed by atoms with Crippen LogP contribution in [-0.2, 0) is 4.79 Å². The van der Waals surface area contributed by atoms with Gasteiger partial charge in [-0.25, -0.2) is 0 Å². The standard InChI is InChI=1S/C22H25N3O3.ClH/c26-22(23-19-8-9-20-21(15-19)28-17-27-20)16-25-13-11-24(12-14-25)10-4-7-18-5-2-1-3-6-18;/h1-9,15H,10-14,16-17H2,(H,23,26);1H. The maximum absolute atomic E-state index is 12.3.